The Balaban J connectivity index is 4.79. The predicted molar refractivity (Wildman–Crippen MR) is 149 cm³/mol. The van der Waals surface area contributed by atoms with Gasteiger partial charge in [-0.25, -0.2) is 4.79 Å². The van der Waals surface area contributed by atoms with Gasteiger partial charge in [-0.05, 0) is 74.1 Å². The van der Waals surface area contributed by atoms with Crippen LogP contribution in [-0.2, 0) is 33.4 Å². The first kappa shape index (κ1) is 37.0. The number of nitrogens with one attached hydrogen (secondary N) is 4. The van der Waals surface area contributed by atoms with Crippen molar-refractivity contribution < 1.29 is 38.2 Å². The largest absolute Gasteiger partial charge is 0.469 e. The van der Waals surface area contributed by atoms with Crippen LogP contribution in [0.25, 0.3) is 0 Å². The number of esters is 1. The van der Waals surface area contributed by atoms with E-state index in [0.29, 0.717) is 25.7 Å². The number of nitrogens with two attached hydrogens (primary N) is 2. The molecule has 0 saturated carbocycles. The van der Waals surface area contributed by atoms with Crippen molar-refractivity contribution in [3.63, 3.8) is 0 Å². The Bertz CT molecular complexity index is 857. The van der Waals surface area contributed by atoms with Crippen molar-refractivity contribution in [3.8, 4) is 0 Å². The van der Waals surface area contributed by atoms with Crippen molar-refractivity contribution in [1.29, 1.82) is 0 Å². The molecular formula is C26H50N6O8. The van der Waals surface area contributed by atoms with E-state index in [9.17, 15) is 24.0 Å². The van der Waals surface area contributed by atoms with Crippen LogP contribution >= 0.6 is 0 Å². The molecule has 0 radical (unpaired) electrons. The fourth-order valence-electron chi connectivity index (χ4n) is 3.32. The Morgan fingerprint density at radius 1 is 0.900 bits per heavy atom. The van der Waals surface area contributed by atoms with Gasteiger partial charge in [0.15, 0.2) is 0 Å². The van der Waals surface area contributed by atoms with Gasteiger partial charge in [0, 0.05) is 12.1 Å². The van der Waals surface area contributed by atoms with Crippen LogP contribution in [0.5, 0.6) is 0 Å². The Labute approximate surface area is 237 Å². The van der Waals surface area contributed by atoms with Crippen molar-refractivity contribution in [2.24, 2.45) is 11.5 Å². The molecule has 0 rings (SSSR count). The van der Waals surface area contributed by atoms with Gasteiger partial charge in [-0.3, -0.25) is 24.5 Å². The van der Waals surface area contributed by atoms with Crippen LogP contribution in [0.1, 0.15) is 80.6 Å². The van der Waals surface area contributed by atoms with Crippen molar-refractivity contribution in [3.05, 3.63) is 0 Å². The SMILES string of the molecule is COC(=O)C[C@H](N)C(=O)NCCCC[C@H](NC(=O)CN)C(=O)NC(C)(C)CCOC(C)(C)NC(=O)OC(C)(C)C. The molecule has 0 saturated heterocycles. The molecule has 0 fully saturated rings. The molecule has 8 N–H and O–H groups in total. The summed E-state index contributed by atoms with van der Waals surface area (Å²) in [5.74, 6) is -1.92. The normalized spacial score (nSPS) is 13.4. The lowest BCUT2D eigenvalue weighted by Gasteiger charge is -2.32. The Morgan fingerprint density at radius 2 is 1.52 bits per heavy atom. The van der Waals surface area contributed by atoms with Crippen LogP contribution in [0.3, 0.4) is 0 Å². The van der Waals surface area contributed by atoms with Gasteiger partial charge in [-0.1, -0.05) is 0 Å². The summed E-state index contributed by atoms with van der Waals surface area (Å²) in [6.07, 6.45) is 0.898. The molecule has 0 bridgehead atoms. The van der Waals surface area contributed by atoms with E-state index >= 15 is 0 Å². The third-order valence-corrected chi connectivity index (χ3v) is 5.46. The van der Waals surface area contributed by atoms with Crippen LogP contribution in [0.4, 0.5) is 4.79 Å². The van der Waals surface area contributed by atoms with Gasteiger partial charge in [0.1, 0.15) is 17.4 Å². The monoisotopic (exact) mass is 574 g/mol. The quantitative estimate of drug-likeness (QED) is 0.0787. The maximum Gasteiger partial charge on any atom is 0.409 e. The lowest BCUT2D eigenvalue weighted by molar-refractivity contribution is -0.142. The number of methoxy groups -OCH3 is 1. The number of unbranched alkanes of at least 4 members (excludes halogenated alkanes) is 1. The number of hydrogen-bond donors (Lipinski definition) is 6. The second kappa shape index (κ2) is 17.0. The average molecular weight is 575 g/mol. The Hall–Kier alpha value is -2.97. The third-order valence-electron chi connectivity index (χ3n) is 5.46. The highest BCUT2D eigenvalue weighted by Gasteiger charge is 2.29. The minimum atomic E-state index is -1.01. The molecule has 14 nitrogen and oxygen atoms in total. The highest BCUT2D eigenvalue weighted by molar-refractivity contribution is 5.88. The molecule has 0 unspecified atom stereocenters. The maximum atomic E-state index is 13.0. The van der Waals surface area contributed by atoms with Crippen LogP contribution in [0, 0.1) is 0 Å². The number of amides is 4. The summed E-state index contributed by atoms with van der Waals surface area (Å²) >= 11 is 0. The van der Waals surface area contributed by atoms with E-state index in [0.717, 1.165) is 0 Å². The van der Waals surface area contributed by atoms with Crippen LogP contribution in [0.15, 0.2) is 0 Å². The second-order valence-corrected chi connectivity index (χ2v) is 11.6. The van der Waals surface area contributed by atoms with Crippen molar-refractivity contribution in [2.75, 3.05) is 26.8 Å². The van der Waals surface area contributed by atoms with Crippen molar-refractivity contribution in [2.45, 2.75) is 110 Å². The Kier molecular flexibility index (Phi) is 15.7. The zero-order chi connectivity index (χ0) is 31.1. The highest BCUT2D eigenvalue weighted by Crippen LogP contribution is 2.15. The second-order valence-electron chi connectivity index (χ2n) is 11.6. The number of hydrogen-bond acceptors (Lipinski definition) is 10. The average Bonchev–Trinajstić information content (AvgIpc) is 2.80. The van der Waals surface area contributed by atoms with Gasteiger partial charge in [0.2, 0.25) is 17.7 Å². The number of alkyl carbamates (subject to hydrolysis) is 1. The van der Waals surface area contributed by atoms with Gasteiger partial charge in [-0.15, -0.1) is 0 Å². The van der Waals surface area contributed by atoms with E-state index in [-0.39, 0.29) is 32.0 Å². The number of carbonyl (C=O) groups excluding carboxylic acids is 5. The molecular weight excluding hydrogens is 524 g/mol. The summed E-state index contributed by atoms with van der Waals surface area (Å²) in [6.45, 7) is 12.5. The molecule has 0 aliphatic carbocycles. The number of ether oxygens (including phenoxy) is 3. The molecule has 0 aliphatic heterocycles. The van der Waals surface area contributed by atoms with E-state index in [4.69, 9.17) is 20.9 Å². The van der Waals surface area contributed by atoms with E-state index in [1.54, 1.807) is 34.6 Å². The molecule has 40 heavy (non-hydrogen) atoms. The lowest BCUT2D eigenvalue weighted by atomic mass is 9.99. The maximum absolute atomic E-state index is 13.0. The molecule has 0 aliphatic rings. The first-order chi connectivity index (χ1) is 18.3. The fourth-order valence-corrected chi connectivity index (χ4v) is 3.32. The number of rotatable bonds is 17. The van der Waals surface area contributed by atoms with Crippen LogP contribution in [-0.4, -0.2) is 85.5 Å². The number of carbonyl (C=O) groups is 5. The summed E-state index contributed by atoms with van der Waals surface area (Å²) in [4.78, 5) is 60.2. The zero-order valence-corrected chi connectivity index (χ0v) is 25.2. The summed E-state index contributed by atoms with van der Waals surface area (Å²) < 4.78 is 15.6. The standard InChI is InChI=1S/C26H50N6O8/c1-24(2,3)40-23(37)32-26(6,7)39-14-12-25(4,5)31-22(36)18(30-19(33)16-27)11-9-10-13-29-21(35)17(28)15-20(34)38-8/h17-18H,9-16,27-28H2,1-8H3,(H,29,35)(H,30,33)(H,31,36)(H,32,37)/t17-,18-/m0/s1. The van der Waals surface area contributed by atoms with Crippen molar-refractivity contribution in [1.82, 2.24) is 21.3 Å². The minimum absolute atomic E-state index is 0.216. The third kappa shape index (κ3) is 17.6. The van der Waals surface area contributed by atoms with E-state index in [2.05, 4.69) is 26.0 Å². The summed E-state index contributed by atoms with van der Waals surface area (Å²) in [6, 6.07) is -1.85. The lowest BCUT2D eigenvalue weighted by Crippen LogP contribution is -2.54. The van der Waals surface area contributed by atoms with Crippen LogP contribution in [0.2, 0.25) is 0 Å². The molecule has 14 heteroatoms. The first-order valence-corrected chi connectivity index (χ1v) is 13.4. The van der Waals surface area contributed by atoms with Crippen molar-refractivity contribution >= 4 is 29.8 Å². The molecule has 0 spiro atoms. The molecule has 2 atom stereocenters. The highest BCUT2D eigenvalue weighted by atomic mass is 16.6. The van der Waals surface area contributed by atoms with Gasteiger partial charge in [-0.2, -0.15) is 0 Å². The smallest absolute Gasteiger partial charge is 0.409 e. The van der Waals surface area contributed by atoms with E-state index < -0.39 is 52.8 Å². The topological polar surface area (TPSA) is 213 Å². The summed E-state index contributed by atoms with van der Waals surface area (Å²) in [7, 11) is 1.21. The molecule has 4 amide bonds. The summed E-state index contributed by atoms with van der Waals surface area (Å²) in [5, 5.41) is 10.8. The predicted octanol–water partition coefficient (Wildman–Crippen LogP) is 0.169. The van der Waals surface area contributed by atoms with Crippen LogP contribution < -0.4 is 32.7 Å². The molecule has 232 valence electrons. The van der Waals surface area contributed by atoms with E-state index in [1.165, 1.54) is 7.11 Å². The zero-order valence-electron chi connectivity index (χ0n) is 25.2. The molecule has 0 heterocycles. The van der Waals surface area contributed by atoms with E-state index in [1.807, 2.05) is 13.8 Å². The van der Waals surface area contributed by atoms with Gasteiger partial charge >= 0.3 is 12.1 Å². The van der Waals surface area contributed by atoms with Gasteiger partial charge in [0.05, 0.1) is 32.7 Å². The fraction of sp³-hybridized carbons (Fsp3) is 0.808. The molecule has 0 aromatic rings. The molecule has 0 aromatic carbocycles. The Morgan fingerprint density at radius 3 is 2.08 bits per heavy atom. The van der Waals surface area contributed by atoms with Gasteiger partial charge in [0.25, 0.3) is 0 Å². The van der Waals surface area contributed by atoms with Gasteiger partial charge < -0.3 is 41.6 Å². The first-order valence-electron chi connectivity index (χ1n) is 13.4. The molecule has 0 aromatic heterocycles. The summed E-state index contributed by atoms with van der Waals surface area (Å²) in [5.41, 5.74) is 8.74. The minimum Gasteiger partial charge on any atom is -0.469 e.